The van der Waals surface area contributed by atoms with Gasteiger partial charge in [0, 0.05) is 41.9 Å². The van der Waals surface area contributed by atoms with E-state index in [0.29, 0.717) is 59.3 Å². The zero-order valence-electron chi connectivity index (χ0n) is 26.4. The molecule has 0 radical (unpaired) electrons. The van der Waals surface area contributed by atoms with E-state index in [9.17, 15) is 18.0 Å². The predicted molar refractivity (Wildman–Crippen MR) is 176 cm³/mol. The highest BCUT2D eigenvalue weighted by Gasteiger charge is 2.34. The van der Waals surface area contributed by atoms with Gasteiger partial charge in [-0.2, -0.15) is 5.10 Å². The number of aryl methyl sites for hydroxylation is 2. The van der Waals surface area contributed by atoms with Crippen LogP contribution in [0.1, 0.15) is 60.9 Å². The number of hydrogen-bond donors (Lipinski definition) is 1. The molecule has 1 saturated heterocycles. The zero-order valence-corrected chi connectivity index (χ0v) is 27.2. The molecule has 1 amide bonds. The quantitative estimate of drug-likeness (QED) is 0.242. The molecule has 4 aromatic heterocycles. The lowest BCUT2D eigenvalue weighted by atomic mass is 9.87. The monoisotopic (exact) mass is 642 g/mol. The molecule has 1 fully saturated rings. The van der Waals surface area contributed by atoms with Crippen LogP contribution in [0.15, 0.2) is 59.0 Å². The van der Waals surface area contributed by atoms with Crippen molar-refractivity contribution in [3.63, 3.8) is 0 Å². The van der Waals surface area contributed by atoms with Crippen molar-refractivity contribution in [1.82, 2.24) is 29.6 Å². The summed E-state index contributed by atoms with van der Waals surface area (Å²) in [6, 6.07) is 6.75. The number of H-pyrrole nitrogens is 1. The summed E-state index contributed by atoms with van der Waals surface area (Å²) in [6.45, 7) is 11.8. The Balaban J connectivity index is 1.77. The van der Waals surface area contributed by atoms with Crippen molar-refractivity contribution in [3.05, 3.63) is 87.9 Å². The summed E-state index contributed by atoms with van der Waals surface area (Å²) < 4.78 is 45.0. The molecule has 46 heavy (non-hydrogen) atoms. The summed E-state index contributed by atoms with van der Waals surface area (Å²) in [7, 11) is -4.13. The third kappa shape index (κ3) is 5.10. The second-order valence-electron chi connectivity index (χ2n) is 12.3. The summed E-state index contributed by atoms with van der Waals surface area (Å²) in [5, 5.41) is 7.94. The van der Waals surface area contributed by atoms with Crippen molar-refractivity contribution >= 4 is 37.7 Å². The van der Waals surface area contributed by atoms with Gasteiger partial charge in [0.2, 0.25) is 5.91 Å². The van der Waals surface area contributed by atoms with Crippen molar-refractivity contribution in [2.45, 2.75) is 57.3 Å². The highest BCUT2D eigenvalue weighted by atomic mass is 32.2. The maximum absolute atomic E-state index is 16.5. The third-order valence-electron chi connectivity index (χ3n) is 8.85. The maximum atomic E-state index is 16.5. The van der Waals surface area contributed by atoms with Crippen LogP contribution in [0.3, 0.4) is 0 Å². The number of pyridine rings is 3. The molecule has 5 heterocycles. The molecule has 0 spiro atoms. The maximum Gasteiger partial charge on any atom is 0.275 e. The number of amides is 1. The number of halogens is 1. The summed E-state index contributed by atoms with van der Waals surface area (Å²) in [5.74, 6) is -1.47. The molecule has 0 bridgehead atoms. The number of piperidine rings is 1. The Bertz CT molecular complexity index is 2230. The first-order chi connectivity index (χ1) is 21.8. The van der Waals surface area contributed by atoms with Crippen LogP contribution in [0.25, 0.3) is 38.9 Å². The largest absolute Gasteiger partial charge is 0.339 e. The van der Waals surface area contributed by atoms with E-state index >= 15 is 4.39 Å². The Kier molecular flexibility index (Phi) is 7.87. The number of benzene rings is 1. The molecule has 1 aliphatic rings. The number of nitrogens with one attached hydrogen (secondary N) is 1. The van der Waals surface area contributed by atoms with Crippen LogP contribution in [0.5, 0.6) is 0 Å². The van der Waals surface area contributed by atoms with Gasteiger partial charge in [-0.15, -0.1) is 0 Å². The topological polar surface area (TPSA) is 131 Å². The number of fused-ring (bicyclic) bond motifs is 2. The highest BCUT2D eigenvalue weighted by Crippen LogP contribution is 2.40. The van der Waals surface area contributed by atoms with Crippen molar-refractivity contribution < 1.29 is 17.6 Å². The van der Waals surface area contributed by atoms with E-state index in [-0.39, 0.29) is 34.1 Å². The number of nitrogens with zero attached hydrogens (tertiary/aromatic N) is 5. The van der Waals surface area contributed by atoms with E-state index in [0.717, 1.165) is 11.8 Å². The minimum Gasteiger partial charge on any atom is -0.339 e. The Hall–Kier alpha value is -4.71. The van der Waals surface area contributed by atoms with E-state index in [1.807, 2.05) is 39.8 Å². The summed E-state index contributed by atoms with van der Waals surface area (Å²) in [5.41, 5.74) is 3.25. The number of carbonyl (C=O) groups excluding carboxylic acids is 1. The molecule has 238 valence electrons. The average Bonchev–Trinajstić information content (AvgIpc) is 3.49. The Morgan fingerprint density at radius 2 is 1.85 bits per heavy atom. The molecule has 0 unspecified atom stereocenters. The van der Waals surface area contributed by atoms with Gasteiger partial charge >= 0.3 is 0 Å². The van der Waals surface area contributed by atoms with E-state index < -0.39 is 32.0 Å². The van der Waals surface area contributed by atoms with Crippen LogP contribution in [0, 0.1) is 19.7 Å². The minimum absolute atomic E-state index is 0.0160. The van der Waals surface area contributed by atoms with Crippen molar-refractivity contribution in [3.8, 4) is 16.9 Å². The first-order valence-electron chi connectivity index (χ1n) is 15.1. The van der Waals surface area contributed by atoms with Crippen LogP contribution >= 0.6 is 0 Å². The fraction of sp³-hybridized carbons (Fsp3) is 0.324. The Labute approximate surface area is 265 Å². The smallest absolute Gasteiger partial charge is 0.275 e. The van der Waals surface area contributed by atoms with E-state index in [4.69, 9.17) is 4.98 Å². The van der Waals surface area contributed by atoms with Gasteiger partial charge in [-0.3, -0.25) is 24.2 Å². The number of aromatic amines is 1. The molecule has 12 heteroatoms. The zero-order chi connectivity index (χ0) is 33.1. The van der Waals surface area contributed by atoms with E-state index in [2.05, 4.69) is 21.8 Å². The van der Waals surface area contributed by atoms with Gasteiger partial charge in [0.05, 0.1) is 23.1 Å². The molecular weight excluding hydrogens is 607 g/mol. The molecule has 0 aliphatic carbocycles. The van der Waals surface area contributed by atoms with Crippen LogP contribution in [-0.4, -0.2) is 63.3 Å². The first kappa shape index (κ1) is 31.3. The fourth-order valence-electron chi connectivity index (χ4n) is 6.67. The normalized spacial score (nSPS) is 14.5. The molecule has 1 aliphatic heterocycles. The fourth-order valence-corrected chi connectivity index (χ4v) is 7.76. The summed E-state index contributed by atoms with van der Waals surface area (Å²) >= 11 is 0. The molecule has 10 nitrogen and oxygen atoms in total. The minimum atomic E-state index is -4.13. The van der Waals surface area contributed by atoms with Crippen molar-refractivity contribution in [1.29, 1.82) is 0 Å². The highest BCUT2D eigenvalue weighted by molar-refractivity contribution is 7.90. The molecular formula is C34H35FN6O4S. The van der Waals surface area contributed by atoms with Crippen molar-refractivity contribution in [2.75, 3.05) is 19.3 Å². The van der Waals surface area contributed by atoms with Crippen LogP contribution in [-0.2, 0) is 14.6 Å². The van der Waals surface area contributed by atoms with Gasteiger partial charge < -0.3 is 4.90 Å². The van der Waals surface area contributed by atoms with E-state index in [1.165, 1.54) is 16.7 Å². The molecule has 0 atom stereocenters. The Morgan fingerprint density at radius 1 is 1.13 bits per heavy atom. The van der Waals surface area contributed by atoms with Crippen LogP contribution < -0.4 is 5.56 Å². The number of aromatic nitrogens is 5. The lowest BCUT2D eigenvalue weighted by molar-refractivity contribution is -0.127. The molecule has 6 rings (SSSR count). The van der Waals surface area contributed by atoms with Gasteiger partial charge in [0.25, 0.3) is 5.56 Å². The summed E-state index contributed by atoms with van der Waals surface area (Å²) in [4.78, 5) is 37.8. The van der Waals surface area contributed by atoms with Gasteiger partial charge in [-0.1, -0.05) is 26.5 Å². The predicted octanol–water partition coefficient (Wildman–Crippen LogP) is 5.50. The standard InChI is InChI=1S/C34H35FN6O4S/c1-7-26(42)40-14-11-21(12-15-40)28-22-16-24(35)30(27-19(4)8-9-25-23(27)17-37-39-25)38-33(22)41(34(43)32(28)46(6,44)45)31-20(5)10-13-36-29(31)18(2)3/h7-10,13,16-18,21H,1,11-12,14-15H2,2-6H3,(H,37,39). The third-order valence-corrected chi connectivity index (χ3v) is 9.99. The van der Waals surface area contributed by atoms with Gasteiger partial charge in [-0.05, 0) is 79.5 Å². The number of rotatable bonds is 6. The second-order valence-corrected chi connectivity index (χ2v) is 14.2. The van der Waals surface area contributed by atoms with Crippen LogP contribution in [0.4, 0.5) is 4.39 Å². The lowest BCUT2D eigenvalue weighted by Crippen LogP contribution is -2.38. The van der Waals surface area contributed by atoms with Crippen LogP contribution in [0.2, 0.25) is 0 Å². The van der Waals surface area contributed by atoms with Gasteiger partial charge in [0.15, 0.2) is 9.84 Å². The molecule has 1 aromatic carbocycles. The van der Waals surface area contributed by atoms with Crippen molar-refractivity contribution in [2.24, 2.45) is 0 Å². The average molecular weight is 643 g/mol. The number of likely N-dealkylation sites (tertiary alicyclic amines) is 1. The van der Waals surface area contributed by atoms with Gasteiger partial charge in [0.1, 0.15) is 22.1 Å². The second kappa shape index (κ2) is 11.6. The molecule has 5 aromatic rings. The number of sulfone groups is 1. The first-order valence-corrected chi connectivity index (χ1v) is 17.0. The number of carbonyl (C=O) groups is 1. The number of hydrogen-bond acceptors (Lipinski definition) is 7. The lowest BCUT2D eigenvalue weighted by Gasteiger charge is -2.33. The molecule has 1 N–H and O–H groups in total. The summed E-state index contributed by atoms with van der Waals surface area (Å²) in [6.07, 6.45) is 6.24. The van der Waals surface area contributed by atoms with E-state index in [1.54, 1.807) is 23.4 Å². The molecule has 0 saturated carbocycles. The Morgan fingerprint density at radius 3 is 2.50 bits per heavy atom. The van der Waals surface area contributed by atoms with Gasteiger partial charge in [-0.25, -0.2) is 17.8 Å². The SMILES string of the molecule is C=CC(=O)N1CCC(c2c(S(C)(=O)=O)c(=O)n(-c3c(C)ccnc3C(C)C)c3nc(-c4c(C)ccc5[nH]ncc45)c(F)cc23)CC1.